The first-order chi connectivity index (χ1) is 11.7. The molecule has 0 saturated heterocycles. The molecular formula is C20H32N2O3. The van der Waals surface area contributed by atoms with Gasteiger partial charge in [-0.05, 0) is 44.2 Å². The number of ether oxygens (including phenoxy) is 1. The van der Waals surface area contributed by atoms with E-state index in [0.717, 1.165) is 12.0 Å². The Labute approximate surface area is 151 Å². The molecule has 0 heterocycles. The van der Waals surface area contributed by atoms with Crippen molar-refractivity contribution < 1.29 is 14.6 Å². The number of aliphatic hydroxyl groups excluding tert-OH is 1. The van der Waals surface area contributed by atoms with Crippen LogP contribution in [0.15, 0.2) is 24.3 Å². The summed E-state index contributed by atoms with van der Waals surface area (Å²) >= 11 is 0. The highest BCUT2D eigenvalue weighted by Crippen LogP contribution is 2.31. The number of nitrogens with one attached hydrogen (secondary N) is 2. The number of aliphatic hydroxyl groups is 1. The summed E-state index contributed by atoms with van der Waals surface area (Å²) in [5.74, 6) is 0.447. The number of carbonyl (C=O) groups is 1. The molecule has 1 aliphatic rings. The molecule has 1 aromatic rings. The fourth-order valence-electron chi connectivity index (χ4n) is 3.33. The van der Waals surface area contributed by atoms with E-state index >= 15 is 0 Å². The summed E-state index contributed by atoms with van der Waals surface area (Å²) in [6, 6.07) is 7.98. The van der Waals surface area contributed by atoms with Crippen molar-refractivity contribution in [3.8, 4) is 0 Å². The van der Waals surface area contributed by atoms with E-state index in [4.69, 9.17) is 4.74 Å². The Bertz CT molecular complexity index is 581. The van der Waals surface area contributed by atoms with Crippen LogP contribution in [-0.2, 0) is 11.2 Å². The van der Waals surface area contributed by atoms with Gasteiger partial charge in [0.1, 0.15) is 5.60 Å². The lowest BCUT2D eigenvalue weighted by atomic mass is 10.0. The van der Waals surface area contributed by atoms with E-state index in [1.807, 2.05) is 32.9 Å². The third kappa shape index (κ3) is 6.01. The van der Waals surface area contributed by atoms with E-state index in [9.17, 15) is 9.90 Å². The first kappa shape index (κ1) is 19.7. The van der Waals surface area contributed by atoms with Crippen molar-refractivity contribution in [2.75, 3.05) is 6.54 Å². The molecule has 0 spiro atoms. The number of fused-ring (bicyclic) bond motifs is 1. The molecule has 0 fully saturated rings. The summed E-state index contributed by atoms with van der Waals surface area (Å²) in [6.45, 7) is 10.4. The minimum absolute atomic E-state index is 0.0465. The van der Waals surface area contributed by atoms with Crippen LogP contribution in [0.5, 0.6) is 0 Å². The molecule has 0 saturated carbocycles. The normalized spacial score (nSPS) is 21.1. The Kier molecular flexibility index (Phi) is 6.47. The smallest absolute Gasteiger partial charge is 0.407 e. The second kappa shape index (κ2) is 8.19. The van der Waals surface area contributed by atoms with Crippen LogP contribution < -0.4 is 10.6 Å². The first-order valence-electron chi connectivity index (χ1n) is 9.14. The van der Waals surface area contributed by atoms with Crippen molar-refractivity contribution in [2.24, 2.45) is 5.92 Å². The summed E-state index contributed by atoms with van der Waals surface area (Å²) < 4.78 is 5.37. The summed E-state index contributed by atoms with van der Waals surface area (Å²) in [6.07, 6.45) is 0.685. The van der Waals surface area contributed by atoms with Gasteiger partial charge >= 0.3 is 6.09 Å². The molecule has 5 nitrogen and oxygen atoms in total. The molecule has 0 aromatic heterocycles. The Hall–Kier alpha value is -1.59. The van der Waals surface area contributed by atoms with E-state index < -0.39 is 17.8 Å². The van der Waals surface area contributed by atoms with Gasteiger partial charge in [0.2, 0.25) is 0 Å². The van der Waals surface area contributed by atoms with E-state index in [1.165, 1.54) is 5.56 Å². The van der Waals surface area contributed by atoms with Crippen LogP contribution >= 0.6 is 0 Å². The molecular weight excluding hydrogens is 316 g/mol. The molecule has 140 valence electrons. The molecule has 1 aromatic carbocycles. The lowest BCUT2D eigenvalue weighted by molar-refractivity contribution is 0.0495. The van der Waals surface area contributed by atoms with Crippen LogP contribution in [0, 0.1) is 5.92 Å². The van der Waals surface area contributed by atoms with Crippen LogP contribution in [0.1, 0.15) is 58.2 Å². The highest BCUT2D eigenvalue weighted by atomic mass is 16.6. The molecule has 1 aliphatic carbocycles. The molecule has 0 unspecified atom stereocenters. The first-order valence-corrected chi connectivity index (χ1v) is 9.14. The van der Waals surface area contributed by atoms with Gasteiger partial charge in [-0.1, -0.05) is 38.1 Å². The van der Waals surface area contributed by atoms with Crippen molar-refractivity contribution in [1.82, 2.24) is 10.6 Å². The number of amides is 1. The van der Waals surface area contributed by atoms with Crippen molar-refractivity contribution in [2.45, 2.75) is 71.2 Å². The lowest BCUT2D eigenvalue weighted by Crippen LogP contribution is -2.46. The maximum Gasteiger partial charge on any atom is 0.407 e. The SMILES string of the molecule is CC(C)C[C@H](CN[C@@H]1c2ccccc2C[C@@H]1O)NC(=O)OC(C)(C)C. The minimum atomic E-state index is -0.513. The van der Waals surface area contributed by atoms with Gasteiger partial charge in [-0.3, -0.25) is 0 Å². The van der Waals surface area contributed by atoms with Gasteiger partial charge in [0.15, 0.2) is 0 Å². The average Bonchev–Trinajstić information content (AvgIpc) is 2.77. The Morgan fingerprint density at radius 1 is 1.32 bits per heavy atom. The second-order valence-electron chi connectivity index (χ2n) is 8.33. The molecule has 3 atom stereocenters. The van der Waals surface area contributed by atoms with Gasteiger partial charge in [-0.2, -0.15) is 0 Å². The maximum atomic E-state index is 12.1. The minimum Gasteiger partial charge on any atom is -0.444 e. The van der Waals surface area contributed by atoms with Gasteiger partial charge in [0, 0.05) is 19.0 Å². The van der Waals surface area contributed by atoms with Gasteiger partial charge in [-0.15, -0.1) is 0 Å². The van der Waals surface area contributed by atoms with Gasteiger partial charge < -0.3 is 20.5 Å². The Morgan fingerprint density at radius 3 is 2.64 bits per heavy atom. The largest absolute Gasteiger partial charge is 0.444 e. The number of rotatable bonds is 6. The highest BCUT2D eigenvalue weighted by Gasteiger charge is 2.31. The summed E-state index contributed by atoms with van der Waals surface area (Å²) in [7, 11) is 0. The van der Waals surface area contributed by atoms with E-state index in [-0.39, 0.29) is 12.1 Å². The standard InChI is InChI=1S/C20H32N2O3/c1-13(2)10-15(22-19(24)25-20(3,4)5)12-21-18-16-9-7-6-8-14(16)11-17(18)23/h6-9,13,15,17-18,21,23H,10-12H2,1-5H3,(H,22,24)/t15-,17+,18-/m1/s1. The molecule has 25 heavy (non-hydrogen) atoms. The summed E-state index contributed by atoms with van der Waals surface area (Å²) in [4.78, 5) is 12.1. The number of alkyl carbamates (subject to hydrolysis) is 1. The maximum absolute atomic E-state index is 12.1. The molecule has 0 bridgehead atoms. The average molecular weight is 348 g/mol. The number of carbonyl (C=O) groups excluding carboxylic acids is 1. The topological polar surface area (TPSA) is 70.6 Å². The van der Waals surface area contributed by atoms with Crippen LogP contribution in [0.4, 0.5) is 4.79 Å². The number of hydrogen-bond donors (Lipinski definition) is 3. The zero-order chi connectivity index (χ0) is 18.6. The van der Waals surface area contributed by atoms with Crippen LogP contribution in [-0.4, -0.2) is 35.5 Å². The van der Waals surface area contributed by atoms with Gasteiger partial charge in [0.05, 0.1) is 12.1 Å². The zero-order valence-corrected chi connectivity index (χ0v) is 16.0. The van der Waals surface area contributed by atoms with Crippen molar-refractivity contribution in [3.05, 3.63) is 35.4 Å². The molecule has 0 radical (unpaired) electrons. The quantitative estimate of drug-likeness (QED) is 0.738. The van der Waals surface area contributed by atoms with Gasteiger partial charge in [0.25, 0.3) is 0 Å². The predicted molar refractivity (Wildman–Crippen MR) is 99.5 cm³/mol. The van der Waals surface area contributed by atoms with E-state index in [0.29, 0.717) is 18.9 Å². The molecule has 3 N–H and O–H groups in total. The monoisotopic (exact) mass is 348 g/mol. The third-order valence-corrected chi connectivity index (χ3v) is 4.26. The molecule has 1 amide bonds. The van der Waals surface area contributed by atoms with Crippen LogP contribution in [0.25, 0.3) is 0 Å². The summed E-state index contributed by atoms with van der Waals surface area (Å²) in [5.41, 5.74) is 1.82. The second-order valence-corrected chi connectivity index (χ2v) is 8.33. The predicted octanol–water partition coefficient (Wildman–Crippen LogP) is 3.17. The van der Waals surface area contributed by atoms with Gasteiger partial charge in [-0.25, -0.2) is 4.79 Å². The van der Waals surface area contributed by atoms with Crippen molar-refractivity contribution in [1.29, 1.82) is 0 Å². The molecule has 0 aliphatic heterocycles. The molecule has 5 heteroatoms. The Balaban J connectivity index is 1.97. The Morgan fingerprint density at radius 2 is 2.00 bits per heavy atom. The number of hydrogen-bond acceptors (Lipinski definition) is 4. The fourth-order valence-corrected chi connectivity index (χ4v) is 3.33. The zero-order valence-electron chi connectivity index (χ0n) is 16.0. The van der Waals surface area contributed by atoms with E-state index in [1.54, 1.807) is 0 Å². The highest BCUT2D eigenvalue weighted by molar-refractivity contribution is 5.68. The fraction of sp³-hybridized carbons (Fsp3) is 0.650. The van der Waals surface area contributed by atoms with Crippen molar-refractivity contribution in [3.63, 3.8) is 0 Å². The number of benzene rings is 1. The van der Waals surface area contributed by atoms with Crippen molar-refractivity contribution >= 4 is 6.09 Å². The third-order valence-electron chi connectivity index (χ3n) is 4.26. The lowest BCUT2D eigenvalue weighted by Gasteiger charge is -2.27. The van der Waals surface area contributed by atoms with Crippen LogP contribution in [0.3, 0.4) is 0 Å². The summed E-state index contributed by atoms with van der Waals surface area (Å²) in [5, 5.41) is 16.8. The van der Waals surface area contributed by atoms with E-state index in [2.05, 4.69) is 36.6 Å². The van der Waals surface area contributed by atoms with Crippen LogP contribution in [0.2, 0.25) is 0 Å². The molecule has 2 rings (SSSR count).